The molecule has 1 aromatic rings. The fourth-order valence-electron chi connectivity index (χ4n) is 1.99. The van der Waals surface area contributed by atoms with Gasteiger partial charge in [-0.3, -0.25) is 4.90 Å². The van der Waals surface area contributed by atoms with Crippen molar-refractivity contribution >= 4 is 26.1 Å². The highest BCUT2D eigenvalue weighted by Crippen LogP contribution is 2.13. The zero-order valence-electron chi connectivity index (χ0n) is 9.92. The first kappa shape index (κ1) is 14.0. The van der Waals surface area contributed by atoms with Crippen LogP contribution in [-0.4, -0.2) is 43.8 Å². The van der Waals surface area contributed by atoms with E-state index < -0.39 is 10.2 Å². The van der Waals surface area contributed by atoms with Crippen LogP contribution in [0.5, 0.6) is 0 Å². The van der Waals surface area contributed by atoms with Crippen LogP contribution < -0.4 is 5.14 Å². The summed E-state index contributed by atoms with van der Waals surface area (Å²) < 4.78 is 24.7. The van der Waals surface area contributed by atoms with Crippen LogP contribution in [0.4, 0.5) is 0 Å². The minimum absolute atomic E-state index is 0.468. The highest BCUT2D eigenvalue weighted by atomic mass is 79.9. The molecular weight excluding hydrogens is 318 g/mol. The molecule has 1 aliphatic heterocycles. The smallest absolute Gasteiger partial charge is 0.276 e. The lowest BCUT2D eigenvalue weighted by Gasteiger charge is -2.32. The van der Waals surface area contributed by atoms with Crippen molar-refractivity contribution in [3.05, 3.63) is 34.3 Å². The summed E-state index contributed by atoms with van der Waals surface area (Å²) in [4.78, 5) is 2.23. The van der Waals surface area contributed by atoms with Gasteiger partial charge in [0.05, 0.1) is 0 Å². The monoisotopic (exact) mass is 333 g/mol. The highest BCUT2D eigenvalue weighted by molar-refractivity contribution is 9.10. The first-order chi connectivity index (χ1) is 8.45. The van der Waals surface area contributed by atoms with E-state index in [-0.39, 0.29) is 0 Å². The number of nitrogens with two attached hydrogens (primary N) is 1. The van der Waals surface area contributed by atoms with Crippen LogP contribution >= 0.6 is 15.9 Å². The molecule has 0 unspecified atom stereocenters. The van der Waals surface area contributed by atoms with Gasteiger partial charge in [-0.25, -0.2) is 5.14 Å². The van der Waals surface area contributed by atoms with E-state index >= 15 is 0 Å². The van der Waals surface area contributed by atoms with Gasteiger partial charge in [0, 0.05) is 37.2 Å². The zero-order valence-corrected chi connectivity index (χ0v) is 12.3. The first-order valence-electron chi connectivity index (χ1n) is 5.70. The zero-order chi connectivity index (χ0) is 13.2. The normalized spacial score (nSPS) is 19.0. The van der Waals surface area contributed by atoms with Crippen LogP contribution in [0.1, 0.15) is 5.56 Å². The van der Waals surface area contributed by atoms with E-state index in [0.29, 0.717) is 26.2 Å². The van der Waals surface area contributed by atoms with E-state index in [1.807, 2.05) is 12.1 Å². The standard InChI is InChI=1S/C11H16BrN3O2S/c12-11-3-1-10(2-4-11)9-14-5-7-15(8-6-14)18(13,16)17/h1-4H,5-9H2,(H2,13,16,17). The molecule has 1 aromatic carbocycles. The number of benzene rings is 1. The number of rotatable bonds is 3. The van der Waals surface area contributed by atoms with Crippen molar-refractivity contribution in [3.8, 4) is 0 Å². The minimum Gasteiger partial charge on any atom is -0.296 e. The summed E-state index contributed by atoms with van der Waals surface area (Å²) in [5.41, 5.74) is 1.22. The highest BCUT2D eigenvalue weighted by Gasteiger charge is 2.23. The van der Waals surface area contributed by atoms with Gasteiger partial charge in [-0.1, -0.05) is 28.1 Å². The van der Waals surface area contributed by atoms with E-state index in [9.17, 15) is 8.42 Å². The van der Waals surface area contributed by atoms with E-state index in [4.69, 9.17) is 5.14 Å². The maximum atomic E-state index is 11.2. The number of hydrogen-bond acceptors (Lipinski definition) is 3. The largest absolute Gasteiger partial charge is 0.296 e. The Morgan fingerprint density at radius 2 is 1.67 bits per heavy atom. The molecule has 1 fully saturated rings. The molecule has 5 nitrogen and oxygen atoms in total. The van der Waals surface area contributed by atoms with E-state index in [2.05, 4.69) is 33.0 Å². The van der Waals surface area contributed by atoms with Gasteiger partial charge in [-0.05, 0) is 17.7 Å². The lowest BCUT2D eigenvalue weighted by molar-refractivity contribution is 0.181. The summed E-state index contributed by atoms with van der Waals surface area (Å²) in [5.74, 6) is 0. The second-order valence-electron chi connectivity index (χ2n) is 4.35. The predicted octanol–water partition coefficient (Wildman–Crippen LogP) is 0.770. The molecule has 0 radical (unpaired) electrons. The van der Waals surface area contributed by atoms with Crippen molar-refractivity contribution in [2.24, 2.45) is 5.14 Å². The van der Waals surface area contributed by atoms with Crippen molar-refractivity contribution in [2.45, 2.75) is 6.54 Å². The topological polar surface area (TPSA) is 66.6 Å². The van der Waals surface area contributed by atoms with Crippen LogP contribution in [0, 0.1) is 0 Å². The number of nitrogens with zero attached hydrogens (tertiary/aromatic N) is 2. The third kappa shape index (κ3) is 3.76. The van der Waals surface area contributed by atoms with Crippen LogP contribution in [0.15, 0.2) is 28.7 Å². The Kier molecular flexibility index (Phi) is 4.39. The summed E-state index contributed by atoms with van der Waals surface area (Å²) in [6, 6.07) is 8.15. The Labute approximate surface area is 116 Å². The second-order valence-corrected chi connectivity index (χ2v) is 6.81. The summed E-state index contributed by atoms with van der Waals surface area (Å²) in [6.07, 6.45) is 0. The molecule has 0 atom stereocenters. The van der Waals surface area contributed by atoms with E-state index in [1.165, 1.54) is 9.87 Å². The molecule has 100 valence electrons. The fraction of sp³-hybridized carbons (Fsp3) is 0.455. The predicted molar refractivity (Wildman–Crippen MR) is 74.1 cm³/mol. The van der Waals surface area contributed by atoms with Crippen LogP contribution in [0.2, 0.25) is 0 Å². The summed E-state index contributed by atoms with van der Waals surface area (Å²) in [5, 5.41) is 5.10. The SMILES string of the molecule is NS(=O)(=O)N1CCN(Cc2ccc(Br)cc2)CC1. The molecule has 2 rings (SSSR count). The van der Waals surface area contributed by atoms with Gasteiger partial charge in [0.1, 0.15) is 0 Å². The molecule has 2 N–H and O–H groups in total. The third-order valence-electron chi connectivity index (χ3n) is 3.01. The van der Waals surface area contributed by atoms with E-state index in [0.717, 1.165) is 11.0 Å². The Hall–Kier alpha value is -0.470. The molecule has 0 saturated carbocycles. The van der Waals surface area contributed by atoms with E-state index in [1.54, 1.807) is 0 Å². The lowest BCUT2D eigenvalue weighted by Crippen LogP contribution is -2.50. The molecule has 1 heterocycles. The average Bonchev–Trinajstić information content (AvgIpc) is 2.32. The summed E-state index contributed by atoms with van der Waals surface area (Å²) in [6.45, 7) is 3.20. The minimum atomic E-state index is -3.53. The molecule has 18 heavy (non-hydrogen) atoms. The third-order valence-corrected chi connectivity index (χ3v) is 4.62. The van der Waals surface area contributed by atoms with Crippen molar-refractivity contribution in [2.75, 3.05) is 26.2 Å². The number of hydrogen-bond donors (Lipinski definition) is 1. The van der Waals surface area contributed by atoms with Gasteiger partial charge in [-0.15, -0.1) is 0 Å². The molecule has 7 heteroatoms. The summed E-state index contributed by atoms with van der Waals surface area (Å²) >= 11 is 3.40. The number of piperazine rings is 1. The molecule has 0 amide bonds. The van der Waals surface area contributed by atoms with Crippen molar-refractivity contribution in [1.29, 1.82) is 0 Å². The first-order valence-corrected chi connectivity index (χ1v) is 7.99. The maximum absolute atomic E-state index is 11.2. The van der Waals surface area contributed by atoms with Crippen LogP contribution in [0.25, 0.3) is 0 Å². The van der Waals surface area contributed by atoms with Crippen molar-refractivity contribution in [1.82, 2.24) is 9.21 Å². The molecular formula is C11H16BrN3O2S. The Balaban J connectivity index is 1.89. The van der Waals surface area contributed by atoms with Crippen molar-refractivity contribution in [3.63, 3.8) is 0 Å². The molecule has 1 saturated heterocycles. The van der Waals surface area contributed by atoms with Crippen LogP contribution in [-0.2, 0) is 16.8 Å². The molecule has 0 aliphatic carbocycles. The molecule has 0 spiro atoms. The molecule has 0 bridgehead atoms. The molecule has 0 aromatic heterocycles. The van der Waals surface area contributed by atoms with Crippen LogP contribution in [0.3, 0.4) is 0 Å². The lowest BCUT2D eigenvalue weighted by atomic mass is 10.2. The van der Waals surface area contributed by atoms with Gasteiger partial charge < -0.3 is 0 Å². The summed E-state index contributed by atoms with van der Waals surface area (Å²) in [7, 11) is -3.53. The maximum Gasteiger partial charge on any atom is 0.276 e. The van der Waals surface area contributed by atoms with Gasteiger partial charge in [-0.2, -0.15) is 12.7 Å². The fourth-order valence-corrected chi connectivity index (χ4v) is 2.93. The Morgan fingerprint density at radius 1 is 1.11 bits per heavy atom. The Morgan fingerprint density at radius 3 is 2.17 bits per heavy atom. The van der Waals surface area contributed by atoms with Crippen molar-refractivity contribution < 1.29 is 8.42 Å². The quantitative estimate of drug-likeness (QED) is 0.888. The van der Waals surface area contributed by atoms with Gasteiger partial charge >= 0.3 is 0 Å². The molecule has 1 aliphatic rings. The van der Waals surface area contributed by atoms with Gasteiger partial charge in [0.15, 0.2) is 0 Å². The number of halogens is 1. The van der Waals surface area contributed by atoms with Gasteiger partial charge in [0.2, 0.25) is 0 Å². The average molecular weight is 334 g/mol. The van der Waals surface area contributed by atoms with Gasteiger partial charge in [0.25, 0.3) is 10.2 Å². The second kappa shape index (κ2) is 5.66. The Bertz CT molecular complexity index is 496.